The minimum absolute atomic E-state index is 0.137. The second kappa shape index (κ2) is 6.79. The maximum Gasteiger partial charge on any atom is 0.256 e. The van der Waals surface area contributed by atoms with E-state index in [-0.39, 0.29) is 5.56 Å². The summed E-state index contributed by atoms with van der Waals surface area (Å²) in [5.41, 5.74) is 4.04. The lowest BCUT2D eigenvalue weighted by Crippen LogP contribution is -2.22. The number of nitrogens with zero attached hydrogens (tertiary/aromatic N) is 1. The Morgan fingerprint density at radius 2 is 2.07 bits per heavy atom. The van der Waals surface area contributed by atoms with E-state index in [0.717, 1.165) is 51.5 Å². The Labute approximate surface area is 155 Å². The number of hydrogen-bond donors (Lipinski definition) is 3. The number of methoxy groups -OCH3 is 1. The Morgan fingerprint density at radius 1 is 1.22 bits per heavy atom. The number of H-pyrrole nitrogens is 3. The molecule has 3 N–H and O–H groups in total. The van der Waals surface area contributed by atoms with Crippen molar-refractivity contribution in [2.24, 2.45) is 0 Å². The highest BCUT2D eigenvalue weighted by atomic mass is 16.5. The molecule has 0 aliphatic heterocycles. The molecule has 1 aromatic carbocycles. The highest BCUT2D eigenvalue weighted by Gasteiger charge is 2.11. The summed E-state index contributed by atoms with van der Waals surface area (Å²) in [7, 11) is 1.61. The molecule has 0 aliphatic carbocycles. The Morgan fingerprint density at radius 3 is 2.85 bits per heavy atom. The molecular formula is C21H22N4O2. The number of fused-ring (bicyclic) bond motifs is 3. The molecule has 0 atom stereocenters. The molecule has 0 bridgehead atoms. The summed E-state index contributed by atoms with van der Waals surface area (Å²) in [4.78, 5) is 26.9. The normalized spacial score (nSPS) is 13.1. The topological polar surface area (TPSA) is 86.6 Å². The van der Waals surface area contributed by atoms with Crippen LogP contribution in [0.5, 0.6) is 5.75 Å². The summed E-state index contributed by atoms with van der Waals surface area (Å²) < 4.78 is 5.35. The maximum atomic E-state index is 12.6. The quantitative estimate of drug-likeness (QED) is 0.521. The first kappa shape index (κ1) is 17.1. The molecule has 0 radical (unpaired) electrons. The summed E-state index contributed by atoms with van der Waals surface area (Å²) in [6, 6.07) is 5.66. The van der Waals surface area contributed by atoms with Gasteiger partial charge in [-0.15, -0.1) is 0 Å². The van der Waals surface area contributed by atoms with Gasteiger partial charge >= 0.3 is 0 Å². The van der Waals surface area contributed by atoms with Gasteiger partial charge in [0.25, 0.3) is 5.56 Å². The van der Waals surface area contributed by atoms with E-state index in [1.807, 2.05) is 31.2 Å². The van der Waals surface area contributed by atoms with Crippen molar-refractivity contribution in [1.29, 1.82) is 0 Å². The van der Waals surface area contributed by atoms with Crippen LogP contribution in [0, 0.1) is 6.92 Å². The van der Waals surface area contributed by atoms with Crippen LogP contribution in [0.2, 0.25) is 0 Å². The molecule has 6 heteroatoms. The monoisotopic (exact) mass is 362 g/mol. The highest BCUT2D eigenvalue weighted by molar-refractivity contribution is 6.03. The number of hydrogen-bond acceptors (Lipinski definition) is 3. The average Bonchev–Trinajstić information content (AvgIpc) is 3.24. The van der Waals surface area contributed by atoms with Gasteiger partial charge in [-0.25, -0.2) is 4.98 Å². The molecule has 0 saturated heterocycles. The van der Waals surface area contributed by atoms with Crippen LogP contribution in [0.25, 0.3) is 34.1 Å². The fraction of sp³-hybridized carbons (Fsp3) is 0.238. The van der Waals surface area contributed by atoms with Gasteiger partial charge in [-0.2, -0.15) is 0 Å². The van der Waals surface area contributed by atoms with Crippen LogP contribution in [-0.2, 0) is 0 Å². The fourth-order valence-corrected chi connectivity index (χ4v) is 3.39. The predicted octanol–water partition coefficient (Wildman–Crippen LogP) is 2.46. The zero-order valence-electron chi connectivity index (χ0n) is 15.6. The van der Waals surface area contributed by atoms with Crippen molar-refractivity contribution in [2.75, 3.05) is 7.11 Å². The number of nitrogens with one attached hydrogen (secondary N) is 3. The summed E-state index contributed by atoms with van der Waals surface area (Å²) in [5.74, 6) is 0.693. The molecule has 27 heavy (non-hydrogen) atoms. The molecule has 0 spiro atoms. The van der Waals surface area contributed by atoms with Gasteiger partial charge in [-0.1, -0.05) is 19.4 Å². The molecule has 3 aromatic heterocycles. The molecule has 0 aliphatic rings. The standard InChI is InChI=1S/C21H22N4O2/c1-4-5-6-14-12(2)23-16-8-7-15-19(20(16)24-14)13(21(26)25-15)11-17-18(27-3)9-10-22-17/h6-11,22,24H,4-5H2,1-3H3,(H,25,26). The zero-order valence-corrected chi connectivity index (χ0v) is 15.6. The minimum atomic E-state index is -0.137. The minimum Gasteiger partial charge on any atom is -0.495 e. The average molecular weight is 362 g/mol. The van der Waals surface area contributed by atoms with Crippen LogP contribution >= 0.6 is 0 Å². The molecule has 0 amide bonds. The van der Waals surface area contributed by atoms with Crippen LogP contribution in [0.1, 0.15) is 31.2 Å². The first-order chi connectivity index (χ1) is 13.1. The molecule has 6 nitrogen and oxygen atoms in total. The van der Waals surface area contributed by atoms with Gasteiger partial charge in [0.1, 0.15) is 5.75 Å². The van der Waals surface area contributed by atoms with E-state index < -0.39 is 0 Å². The molecule has 4 aromatic rings. The van der Waals surface area contributed by atoms with Gasteiger partial charge < -0.3 is 19.7 Å². The summed E-state index contributed by atoms with van der Waals surface area (Å²) >= 11 is 0. The van der Waals surface area contributed by atoms with Crippen molar-refractivity contribution in [3.63, 3.8) is 0 Å². The number of rotatable bonds is 4. The van der Waals surface area contributed by atoms with Gasteiger partial charge in [-0.05, 0) is 37.6 Å². The Balaban J connectivity index is 2.11. The number of aryl methyl sites for hydroxylation is 1. The van der Waals surface area contributed by atoms with Gasteiger partial charge in [-0.3, -0.25) is 4.79 Å². The summed E-state index contributed by atoms with van der Waals surface area (Å²) in [6.45, 7) is 4.14. The number of benzene rings is 1. The van der Waals surface area contributed by atoms with E-state index in [4.69, 9.17) is 9.72 Å². The van der Waals surface area contributed by atoms with E-state index in [1.165, 1.54) is 0 Å². The van der Waals surface area contributed by atoms with Crippen LogP contribution in [0.15, 0.2) is 29.2 Å². The third kappa shape index (κ3) is 2.93. The smallest absolute Gasteiger partial charge is 0.256 e. The molecule has 0 unspecified atom stereocenters. The van der Waals surface area contributed by atoms with Crippen molar-refractivity contribution in [2.45, 2.75) is 26.7 Å². The van der Waals surface area contributed by atoms with Crippen molar-refractivity contribution in [3.05, 3.63) is 56.7 Å². The maximum absolute atomic E-state index is 12.6. The number of unbranched alkanes of at least 4 members (excludes halogenated alkanes) is 1. The molecule has 0 fully saturated rings. The molecule has 3 heterocycles. The van der Waals surface area contributed by atoms with Crippen molar-refractivity contribution < 1.29 is 4.74 Å². The van der Waals surface area contributed by atoms with Crippen LogP contribution in [-0.4, -0.2) is 27.0 Å². The number of aromatic amines is 3. The Kier molecular flexibility index (Phi) is 4.32. The van der Waals surface area contributed by atoms with Gasteiger partial charge in [0, 0.05) is 11.6 Å². The zero-order chi connectivity index (χ0) is 19.0. The summed E-state index contributed by atoms with van der Waals surface area (Å²) in [6.07, 6.45) is 7.80. The van der Waals surface area contributed by atoms with Crippen molar-refractivity contribution >= 4 is 34.1 Å². The molecule has 138 valence electrons. The highest BCUT2D eigenvalue weighted by Crippen LogP contribution is 2.19. The van der Waals surface area contributed by atoms with Gasteiger partial charge in [0.05, 0.1) is 45.6 Å². The first-order valence-electron chi connectivity index (χ1n) is 9.07. The predicted molar refractivity (Wildman–Crippen MR) is 108 cm³/mol. The van der Waals surface area contributed by atoms with Crippen LogP contribution < -0.4 is 20.9 Å². The van der Waals surface area contributed by atoms with E-state index in [9.17, 15) is 4.79 Å². The van der Waals surface area contributed by atoms with E-state index in [2.05, 4.69) is 28.0 Å². The van der Waals surface area contributed by atoms with E-state index in [0.29, 0.717) is 11.0 Å². The van der Waals surface area contributed by atoms with Crippen molar-refractivity contribution in [3.8, 4) is 5.75 Å². The van der Waals surface area contributed by atoms with Gasteiger partial charge in [0.2, 0.25) is 0 Å². The van der Waals surface area contributed by atoms with Crippen molar-refractivity contribution in [1.82, 2.24) is 19.9 Å². The molecular weight excluding hydrogens is 340 g/mol. The molecule has 4 rings (SSSR count). The SMILES string of the molecule is CCCC=c1[nH]c2c(ccc3[nH]c(=O)c(=Cc4[nH]ccc4OC)c32)nc1C. The lowest BCUT2D eigenvalue weighted by molar-refractivity contribution is 0.414. The number of ether oxygens (including phenoxy) is 1. The van der Waals surface area contributed by atoms with Crippen LogP contribution in [0.4, 0.5) is 0 Å². The fourth-order valence-electron chi connectivity index (χ4n) is 3.39. The third-order valence-electron chi connectivity index (χ3n) is 4.77. The number of aromatic nitrogens is 4. The summed E-state index contributed by atoms with van der Waals surface area (Å²) in [5, 5.41) is 2.42. The van der Waals surface area contributed by atoms with Gasteiger partial charge in [0.15, 0.2) is 0 Å². The lowest BCUT2D eigenvalue weighted by atomic mass is 10.1. The second-order valence-corrected chi connectivity index (χ2v) is 6.58. The third-order valence-corrected chi connectivity index (χ3v) is 4.77. The Hall–Kier alpha value is -3.28. The first-order valence-corrected chi connectivity index (χ1v) is 9.07. The van der Waals surface area contributed by atoms with E-state index in [1.54, 1.807) is 13.3 Å². The Bertz CT molecular complexity index is 1310. The van der Waals surface area contributed by atoms with Crippen LogP contribution in [0.3, 0.4) is 0 Å². The van der Waals surface area contributed by atoms with E-state index >= 15 is 0 Å². The largest absolute Gasteiger partial charge is 0.495 e. The molecule has 0 saturated carbocycles. The second-order valence-electron chi connectivity index (χ2n) is 6.58. The lowest BCUT2D eigenvalue weighted by Gasteiger charge is -2.04.